The molecule has 3 heterocycles. The Hall–Kier alpha value is -4.26. The number of rotatable bonds is 11. The Bertz CT molecular complexity index is 1560. The molecule has 2 unspecified atom stereocenters. The second-order valence-corrected chi connectivity index (χ2v) is 11.1. The number of anilines is 1. The van der Waals surface area contributed by atoms with Gasteiger partial charge in [0.05, 0.1) is 31.3 Å². The quantitative estimate of drug-likeness (QED) is 0.243. The lowest BCUT2D eigenvalue weighted by Crippen LogP contribution is -2.36. The zero-order chi connectivity index (χ0) is 28.8. The summed E-state index contributed by atoms with van der Waals surface area (Å²) in [6.07, 6.45) is 4.40. The molecule has 5 rings (SSSR count). The Morgan fingerprint density at radius 2 is 1.76 bits per heavy atom. The number of hydrogen-bond donors (Lipinski definition) is 3. The van der Waals surface area contributed by atoms with Gasteiger partial charge in [0.25, 0.3) is 10.0 Å². The molecule has 0 saturated carbocycles. The zero-order valence-electron chi connectivity index (χ0n) is 22.6. The van der Waals surface area contributed by atoms with Crippen molar-refractivity contribution in [1.82, 2.24) is 20.3 Å². The van der Waals surface area contributed by atoms with Crippen molar-refractivity contribution in [3.63, 3.8) is 0 Å². The number of ether oxygens (including phenoxy) is 3. The number of aliphatic hydroxyl groups excluding tert-OH is 1. The highest BCUT2D eigenvalue weighted by molar-refractivity contribution is 7.92. The molecule has 2 atom stereocenters. The molecular weight excluding hydrogens is 546 g/mol. The Labute approximate surface area is 238 Å². The van der Waals surface area contributed by atoms with Gasteiger partial charge in [-0.1, -0.05) is 24.3 Å². The van der Waals surface area contributed by atoms with E-state index in [1.54, 1.807) is 30.6 Å². The number of hydrogen-bond acceptors (Lipinski definition) is 10. The third-order valence-electron chi connectivity index (χ3n) is 6.69. The fourth-order valence-corrected chi connectivity index (χ4v) is 5.45. The van der Waals surface area contributed by atoms with E-state index in [0.29, 0.717) is 13.1 Å². The Balaban J connectivity index is 1.20. The minimum atomic E-state index is -3.94. The van der Waals surface area contributed by atoms with Gasteiger partial charge < -0.3 is 24.6 Å². The predicted molar refractivity (Wildman–Crippen MR) is 153 cm³/mol. The molecule has 0 saturated heterocycles. The summed E-state index contributed by atoms with van der Waals surface area (Å²) in [5, 5.41) is 13.6. The first kappa shape index (κ1) is 28.3. The van der Waals surface area contributed by atoms with E-state index < -0.39 is 16.1 Å². The highest BCUT2D eigenvalue weighted by atomic mass is 32.2. The average Bonchev–Trinajstić information content (AvgIpc) is 3.00. The van der Waals surface area contributed by atoms with Crippen LogP contribution < -0.4 is 24.2 Å². The van der Waals surface area contributed by atoms with Crippen LogP contribution in [-0.2, 0) is 16.4 Å². The van der Waals surface area contributed by atoms with Crippen LogP contribution >= 0.6 is 0 Å². The van der Waals surface area contributed by atoms with Gasteiger partial charge in [-0.05, 0) is 59.9 Å². The highest BCUT2D eigenvalue weighted by Gasteiger charge is 2.21. The number of sulfonamides is 1. The maximum absolute atomic E-state index is 12.9. The lowest BCUT2D eigenvalue weighted by atomic mass is 9.97. The Morgan fingerprint density at radius 1 is 1.02 bits per heavy atom. The molecule has 0 amide bonds. The van der Waals surface area contributed by atoms with Gasteiger partial charge >= 0.3 is 0 Å². The Morgan fingerprint density at radius 3 is 2.44 bits per heavy atom. The molecule has 3 N–H and O–H groups in total. The largest absolute Gasteiger partial charge is 0.489 e. The molecule has 0 aliphatic carbocycles. The molecular formula is C29H31N5O6S. The van der Waals surface area contributed by atoms with E-state index in [2.05, 4.69) is 31.1 Å². The van der Waals surface area contributed by atoms with Gasteiger partial charge in [-0.15, -0.1) is 0 Å². The molecule has 4 aromatic rings. The molecule has 0 radical (unpaired) electrons. The SMILES string of the molecule is COc1cc(OC)nc(NS(=O)(=O)c2ccc(-c3ccc4c(c3)CCC(CNCC(O)c3cccnc3)O4)cc2)n1. The van der Waals surface area contributed by atoms with E-state index in [9.17, 15) is 13.5 Å². The number of methoxy groups -OCH3 is 2. The molecule has 1 aliphatic heterocycles. The molecule has 11 nitrogen and oxygen atoms in total. The second kappa shape index (κ2) is 12.5. The van der Waals surface area contributed by atoms with Crippen molar-refractivity contribution < 1.29 is 27.7 Å². The van der Waals surface area contributed by atoms with Gasteiger partial charge in [-0.2, -0.15) is 9.97 Å². The summed E-state index contributed by atoms with van der Waals surface area (Å²) in [4.78, 5) is 12.2. The van der Waals surface area contributed by atoms with Crippen molar-refractivity contribution in [3.05, 3.63) is 84.2 Å². The van der Waals surface area contributed by atoms with Crippen LogP contribution in [-0.4, -0.2) is 61.9 Å². The van der Waals surface area contributed by atoms with Gasteiger partial charge in [0.1, 0.15) is 11.9 Å². The molecule has 214 valence electrons. The van der Waals surface area contributed by atoms with E-state index in [-0.39, 0.29) is 28.7 Å². The van der Waals surface area contributed by atoms with Gasteiger partial charge in [0.15, 0.2) is 0 Å². The number of benzene rings is 2. The zero-order valence-corrected chi connectivity index (χ0v) is 23.5. The third kappa shape index (κ3) is 6.91. The first-order valence-electron chi connectivity index (χ1n) is 13.0. The van der Waals surface area contributed by atoms with Gasteiger partial charge in [-0.25, -0.2) is 13.1 Å². The maximum atomic E-state index is 12.9. The van der Waals surface area contributed by atoms with Crippen molar-refractivity contribution in [3.8, 4) is 28.6 Å². The van der Waals surface area contributed by atoms with Gasteiger partial charge in [0.2, 0.25) is 17.7 Å². The number of aryl methyl sites for hydroxylation is 1. The van der Waals surface area contributed by atoms with Crippen molar-refractivity contribution >= 4 is 16.0 Å². The first-order chi connectivity index (χ1) is 19.8. The van der Waals surface area contributed by atoms with Gasteiger partial charge in [-0.3, -0.25) is 4.98 Å². The van der Waals surface area contributed by atoms with Crippen molar-refractivity contribution in [1.29, 1.82) is 0 Å². The summed E-state index contributed by atoms with van der Waals surface area (Å²) in [5.41, 5.74) is 3.70. The molecule has 0 spiro atoms. The number of pyridine rings is 1. The summed E-state index contributed by atoms with van der Waals surface area (Å²) >= 11 is 0. The molecule has 0 fully saturated rings. The second-order valence-electron chi connectivity index (χ2n) is 9.47. The minimum Gasteiger partial charge on any atom is -0.489 e. The van der Waals surface area contributed by atoms with Crippen LogP contribution in [0.25, 0.3) is 11.1 Å². The van der Waals surface area contributed by atoms with Gasteiger partial charge in [0, 0.05) is 31.0 Å². The lowest BCUT2D eigenvalue weighted by Gasteiger charge is -2.27. The molecule has 12 heteroatoms. The Kier molecular flexibility index (Phi) is 8.62. The number of aliphatic hydroxyl groups is 1. The topological polar surface area (TPSA) is 145 Å². The van der Waals surface area contributed by atoms with Crippen LogP contribution in [0.3, 0.4) is 0 Å². The summed E-state index contributed by atoms with van der Waals surface area (Å²) in [6, 6.07) is 17.7. The molecule has 2 aromatic carbocycles. The standard InChI is InChI=1S/C29H31N5O6S/c1-38-27-15-28(39-2)33-29(32-27)34-41(36,37)24-10-6-19(7-11-24)20-8-12-26-21(14-20)5-9-23(40-26)17-31-18-25(35)22-4-3-13-30-16-22/h3-4,6-8,10-16,23,25,31,35H,5,9,17-18H2,1-2H3,(H,32,33,34). The predicted octanol–water partition coefficient (Wildman–Crippen LogP) is 3.37. The molecule has 1 aliphatic rings. The van der Waals surface area contributed by atoms with E-state index in [1.165, 1.54) is 32.4 Å². The number of nitrogens with one attached hydrogen (secondary N) is 2. The minimum absolute atomic E-state index is 0.0000290. The van der Waals surface area contributed by atoms with Crippen LogP contribution in [0, 0.1) is 0 Å². The fraction of sp³-hybridized carbons (Fsp3) is 0.276. The van der Waals surface area contributed by atoms with E-state index in [0.717, 1.165) is 40.8 Å². The first-order valence-corrected chi connectivity index (χ1v) is 14.5. The molecule has 2 aromatic heterocycles. The van der Waals surface area contributed by atoms with Crippen LogP contribution in [0.1, 0.15) is 23.7 Å². The van der Waals surface area contributed by atoms with Crippen LogP contribution in [0.4, 0.5) is 5.95 Å². The number of nitrogens with zero attached hydrogens (tertiary/aromatic N) is 3. The summed E-state index contributed by atoms with van der Waals surface area (Å²) in [6.45, 7) is 1.04. The molecule has 41 heavy (non-hydrogen) atoms. The van der Waals surface area contributed by atoms with E-state index in [4.69, 9.17) is 14.2 Å². The normalized spacial score (nSPS) is 15.3. The van der Waals surface area contributed by atoms with Crippen molar-refractivity contribution in [2.75, 3.05) is 32.0 Å². The molecule has 0 bridgehead atoms. The average molecular weight is 578 g/mol. The van der Waals surface area contributed by atoms with Crippen LogP contribution in [0.15, 0.2) is 78.0 Å². The van der Waals surface area contributed by atoms with Crippen molar-refractivity contribution in [2.45, 2.75) is 29.9 Å². The van der Waals surface area contributed by atoms with Crippen LogP contribution in [0.5, 0.6) is 17.5 Å². The lowest BCUT2D eigenvalue weighted by molar-refractivity contribution is 0.146. The fourth-order valence-electron chi connectivity index (χ4n) is 4.50. The smallest absolute Gasteiger partial charge is 0.264 e. The summed E-state index contributed by atoms with van der Waals surface area (Å²) in [5.74, 6) is 1.02. The number of aromatic nitrogens is 3. The summed E-state index contributed by atoms with van der Waals surface area (Å²) in [7, 11) is -1.11. The monoisotopic (exact) mass is 577 g/mol. The van der Waals surface area contributed by atoms with Crippen LogP contribution in [0.2, 0.25) is 0 Å². The number of fused-ring (bicyclic) bond motifs is 1. The van der Waals surface area contributed by atoms with E-state index in [1.807, 2.05) is 18.2 Å². The van der Waals surface area contributed by atoms with Crippen molar-refractivity contribution in [2.24, 2.45) is 0 Å². The third-order valence-corrected chi connectivity index (χ3v) is 8.03. The maximum Gasteiger partial charge on any atom is 0.264 e. The van der Waals surface area contributed by atoms with E-state index >= 15 is 0 Å². The highest BCUT2D eigenvalue weighted by Crippen LogP contribution is 2.32. The summed E-state index contributed by atoms with van der Waals surface area (Å²) < 4.78 is 44.6.